The lowest BCUT2D eigenvalue weighted by Gasteiger charge is -2.20. The Morgan fingerprint density at radius 3 is 2.42 bits per heavy atom. The monoisotopic (exact) mass is 267 g/mol. The molecule has 0 amide bonds. The average Bonchev–Trinajstić information content (AvgIpc) is 2.57. The summed E-state index contributed by atoms with van der Waals surface area (Å²) in [7, 11) is 2.01. The molecule has 0 aliphatic carbocycles. The molecule has 0 fully saturated rings. The van der Waals surface area contributed by atoms with Gasteiger partial charge in [-0.25, -0.2) is 0 Å². The van der Waals surface area contributed by atoms with Gasteiger partial charge in [0.05, 0.1) is 24.4 Å². The van der Waals surface area contributed by atoms with Gasteiger partial charge in [0.25, 0.3) is 0 Å². The molecule has 1 unspecified atom stereocenters. The highest BCUT2D eigenvalue weighted by Gasteiger charge is 2.18. The predicted octanol–water partition coefficient (Wildman–Crippen LogP) is 2.99. The standard InChI is InChI=1S/C15H29N3O/c1-8-13(16-7)14-11(2)17-18(12(14)3)9-10-19-15(4,5)6/h13,16H,8-10H2,1-7H3. The topological polar surface area (TPSA) is 39.1 Å². The summed E-state index contributed by atoms with van der Waals surface area (Å²) in [5, 5.41) is 8.00. The van der Waals surface area contributed by atoms with Crippen molar-refractivity contribution in [2.75, 3.05) is 13.7 Å². The molecule has 4 nitrogen and oxygen atoms in total. The van der Waals surface area contributed by atoms with E-state index in [2.05, 4.69) is 56.6 Å². The van der Waals surface area contributed by atoms with Crippen LogP contribution in [0.1, 0.15) is 57.1 Å². The molecule has 1 aromatic rings. The van der Waals surface area contributed by atoms with E-state index in [0.717, 1.165) is 18.7 Å². The first-order valence-corrected chi connectivity index (χ1v) is 7.15. The molecule has 1 rings (SSSR count). The number of hydrogen-bond acceptors (Lipinski definition) is 3. The Morgan fingerprint density at radius 1 is 1.32 bits per heavy atom. The number of hydrogen-bond donors (Lipinski definition) is 1. The SMILES string of the molecule is CCC(NC)c1c(C)nn(CCOC(C)(C)C)c1C. The maximum Gasteiger partial charge on any atom is 0.0669 e. The van der Waals surface area contributed by atoms with Crippen LogP contribution in [0.3, 0.4) is 0 Å². The van der Waals surface area contributed by atoms with Crippen LogP contribution in [-0.2, 0) is 11.3 Å². The van der Waals surface area contributed by atoms with Crippen molar-refractivity contribution >= 4 is 0 Å². The largest absolute Gasteiger partial charge is 0.374 e. The molecule has 0 aliphatic rings. The molecule has 0 saturated heterocycles. The Labute approximate surface area is 117 Å². The van der Waals surface area contributed by atoms with Gasteiger partial charge in [-0.3, -0.25) is 4.68 Å². The molecule has 1 aromatic heterocycles. The highest BCUT2D eigenvalue weighted by atomic mass is 16.5. The van der Waals surface area contributed by atoms with E-state index in [0.29, 0.717) is 12.6 Å². The summed E-state index contributed by atoms with van der Waals surface area (Å²) in [6.45, 7) is 14.2. The normalized spacial score (nSPS) is 13.8. The lowest BCUT2D eigenvalue weighted by atomic mass is 10.0. The van der Waals surface area contributed by atoms with Crippen molar-refractivity contribution in [2.24, 2.45) is 0 Å². The van der Waals surface area contributed by atoms with Crippen molar-refractivity contribution in [3.05, 3.63) is 17.0 Å². The number of aromatic nitrogens is 2. The van der Waals surface area contributed by atoms with Gasteiger partial charge in [-0.15, -0.1) is 0 Å². The zero-order valence-electron chi connectivity index (χ0n) is 13.5. The van der Waals surface area contributed by atoms with Crippen LogP contribution in [-0.4, -0.2) is 29.0 Å². The molecule has 19 heavy (non-hydrogen) atoms. The van der Waals surface area contributed by atoms with Crippen molar-refractivity contribution in [1.29, 1.82) is 0 Å². The van der Waals surface area contributed by atoms with Gasteiger partial charge in [-0.05, 0) is 48.1 Å². The first-order valence-electron chi connectivity index (χ1n) is 7.15. The van der Waals surface area contributed by atoms with E-state index in [4.69, 9.17) is 4.74 Å². The minimum Gasteiger partial charge on any atom is -0.374 e. The van der Waals surface area contributed by atoms with E-state index in [1.54, 1.807) is 0 Å². The van der Waals surface area contributed by atoms with Crippen LogP contribution in [0, 0.1) is 13.8 Å². The first kappa shape index (κ1) is 16.2. The molecule has 0 saturated carbocycles. The van der Waals surface area contributed by atoms with Crippen molar-refractivity contribution in [1.82, 2.24) is 15.1 Å². The minimum absolute atomic E-state index is 0.0874. The van der Waals surface area contributed by atoms with Crippen LogP contribution in [0.2, 0.25) is 0 Å². The molecular weight excluding hydrogens is 238 g/mol. The maximum atomic E-state index is 5.77. The van der Waals surface area contributed by atoms with E-state index < -0.39 is 0 Å². The van der Waals surface area contributed by atoms with Crippen molar-refractivity contribution in [3.8, 4) is 0 Å². The molecule has 1 heterocycles. The number of ether oxygens (including phenoxy) is 1. The molecule has 4 heteroatoms. The summed E-state index contributed by atoms with van der Waals surface area (Å²) >= 11 is 0. The Morgan fingerprint density at radius 2 is 1.95 bits per heavy atom. The Hall–Kier alpha value is -0.870. The Bertz CT molecular complexity index is 400. The molecular formula is C15H29N3O. The lowest BCUT2D eigenvalue weighted by molar-refractivity contribution is -0.00811. The van der Waals surface area contributed by atoms with Crippen LogP contribution in [0.4, 0.5) is 0 Å². The van der Waals surface area contributed by atoms with Crippen molar-refractivity contribution < 1.29 is 4.74 Å². The quantitative estimate of drug-likeness (QED) is 0.861. The third-order valence-electron chi connectivity index (χ3n) is 3.38. The van der Waals surface area contributed by atoms with Gasteiger partial charge in [-0.1, -0.05) is 6.92 Å². The smallest absolute Gasteiger partial charge is 0.0669 e. The zero-order chi connectivity index (χ0) is 14.6. The van der Waals surface area contributed by atoms with Gasteiger partial charge >= 0.3 is 0 Å². The second kappa shape index (κ2) is 6.53. The van der Waals surface area contributed by atoms with Gasteiger partial charge in [0.2, 0.25) is 0 Å². The number of nitrogens with zero attached hydrogens (tertiary/aromatic N) is 2. The fourth-order valence-corrected chi connectivity index (χ4v) is 2.42. The molecule has 0 aliphatic heterocycles. The third kappa shape index (κ3) is 4.32. The summed E-state index contributed by atoms with van der Waals surface area (Å²) in [5.41, 5.74) is 3.61. The summed E-state index contributed by atoms with van der Waals surface area (Å²) in [6, 6.07) is 0.386. The van der Waals surface area contributed by atoms with Crippen LogP contribution in [0.25, 0.3) is 0 Å². The first-order chi connectivity index (χ1) is 8.80. The van der Waals surface area contributed by atoms with Gasteiger partial charge < -0.3 is 10.1 Å². The molecule has 0 aromatic carbocycles. The van der Waals surface area contributed by atoms with E-state index in [-0.39, 0.29) is 5.60 Å². The van der Waals surface area contributed by atoms with Gasteiger partial charge in [0.1, 0.15) is 0 Å². The zero-order valence-corrected chi connectivity index (χ0v) is 13.5. The maximum absolute atomic E-state index is 5.77. The predicted molar refractivity (Wildman–Crippen MR) is 79.5 cm³/mol. The van der Waals surface area contributed by atoms with Crippen LogP contribution < -0.4 is 5.32 Å². The minimum atomic E-state index is -0.0874. The number of rotatable bonds is 6. The van der Waals surface area contributed by atoms with Crippen LogP contribution in [0.5, 0.6) is 0 Å². The third-order valence-corrected chi connectivity index (χ3v) is 3.38. The van der Waals surface area contributed by atoms with Crippen LogP contribution >= 0.6 is 0 Å². The van der Waals surface area contributed by atoms with Crippen LogP contribution in [0.15, 0.2) is 0 Å². The Balaban J connectivity index is 2.79. The van der Waals surface area contributed by atoms with E-state index in [1.165, 1.54) is 11.3 Å². The molecule has 1 N–H and O–H groups in total. The highest BCUT2D eigenvalue weighted by molar-refractivity contribution is 5.28. The van der Waals surface area contributed by atoms with Crippen molar-refractivity contribution in [2.45, 2.75) is 66.2 Å². The van der Waals surface area contributed by atoms with Gasteiger partial charge in [0, 0.05) is 17.3 Å². The van der Waals surface area contributed by atoms with Gasteiger partial charge in [-0.2, -0.15) is 5.10 Å². The number of aryl methyl sites for hydroxylation is 1. The molecule has 1 atom stereocenters. The highest BCUT2D eigenvalue weighted by Crippen LogP contribution is 2.23. The lowest BCUT2D eigenvalue weighted by Crippen LogP contribution is -2.22. The molecule has 0 bridgehead atoms. The van der Waals surface area contributed by atoms with E-state index in [1.807, 2.05) is 7.05 Å². The fourth-order valence-electron chi connectivity index (χ4n) is 2.42. The fraction of sp³-hybridized carbons (Fsp3) is 0.800. The van der Waals surface area contributed by atoms with E-state index in [9.17, 15) is 0 Å². The van der Waals surface area contributed by atoms with Crippen molar-refractivity contribution in [3.63, 3.8) is 0 Å². The molecule has 110 valence electrons. The summed E-state index contributed by atoms with van der Waals surface area (Å²) < 4.78 is 7.84. The average molecular weight is 267 g/mol. The molecule has 0 spiro atoms. The Kier molecular flexibility index (Phi) is 5.56. The van der Waals surface area contributed by atoms with Gasteiger partial charge in [0.15, 0.2) is 0 Å². The summed E-state index contributed by atoms with van der Waals surface area (Å²) in [6.07, 6.45) is 1.07. The summed E-state index contributed by atoms with van der Waals surface area (Å²) in [5.74, 6) is 0. The number of nitrogens with one attached hydrogen (secondary N) is 1. The second-order valence-corrected chi connectivity index (χ2v) is 6.02. The second-order valence-electron chi connectivity index (χ2n) is 6.02. The summed E-state index contributed by atoms with van der Waals surface area (Å²) in [4.78, 5) is 0. The van der Waals surface area contributed by atoms with E-state index >= 15 is 0 Å². The molecule has 0 radical (unpaired) electrons.